The fraction of sp³-hybridized carbons (Fsp3) is 0.400. The summed E-state index contributed by atoms with van der Waals surface area (Å²) in [7, 11) is -1.26. The number of nitrogens with one attached hydrogen (secondary N) is 2. The molecule has 0 saturated heterocycles. The van der Waals surface area contributed by atoms with Crippen LogP contribution in [0, 0.1) is 0 Å². The zero-order valence-electron chi connectivity index (χ0n) is 18.2. The number of benzene rings is 1. The normalized spacial score (nSPS) is 11.5. The van der Waals surface area contributed by atoms with E-state index in [-0.39, 0.29) is 23.3 Å². The standard InChI is InChI=1S/C20H26ClN5O4S/c1-11(2)15-7-14(21)8-16(12(3)4)17(15)24-19(28)25-31(29,30)20-22-9-13(10-23-20)18(27)26(5)6/h7-12H,1-6H3,(H2,24,25,28). The molecule has 0 radical (unpaired) electrons. The molecule has 0 unspecified atom stereocenters. The van der Waals surface area contributed by atoms with Crippen molar-refractivity contribution in [3.63, 3.8) is 0 Å². The Labute approximate surface area is 187 Å². The number of halogens is 1. The first-order valence-electron chi connectivity index (χ1n) is 9.54. The van der Waals surface area contributed by atoms with E-state index in [4.69, 9.17) is 11.6 Å². The number of amides is 3. The van der Waals surface area contributed by atoms with Crippen molar-refractivity contribution in [1.82, 2.24) is 19.6 Å². The van der Waals surface area contributed by atoms with Gasteiger partial charge in [-0.2, -0.15) is 8.42 Å². The summed E-state index contributed by atoms with van der Waals surface area (Å²) in [5.41, 5.74) is 2.20. The largest absolute Gasteiger partial charge is 0.345 e. The molecule has 0 aliphatic carbocycles. The van der Waals surface area contributed by atoms with Gasteiger partial charge in [-0.15, -0.1) is 0 Å². The van der Waals surface area contributed by atoms with Crippen LogP contribution < -0.4 is 10.0 Å². The Balaban J connectivity index is 2.29. The van der Waals surface area contributed by atoms with Crippen molar-refractivity contribution in [2.75, 3.05) is 19.4 Å². The maximum absolute atomic E-state index is 12.5. The number of hydrogen-bond donors (Lipinski definition) is 2. The van der Waals surface area contributed by atoms with Crippen LogP contribution in [0.15, 0.2) is 29.7 Å². The first-order chi connectivity index (χ1) is 14.3. The molecule has 1 aromatic carbocycles. The average molecular weight is 468 g/mol. The molecular weight excluding hydrogens is 442 g/mol. The molecule has 2 rings (SSSR count). The molecule has 9 nitrogen and oxygen atoms in total. The Hall–Kier alpha value is -2.72. The van der Waals surface area contributed by atoms with Crippen LogP contribution in [0.5, 0.6) is 0 Å². The molecule has 11 heteroatoms. The maximum atomic E-state index is 12.5. The predicted molar refractivity (Wildman–Crippen MR) is 119 cm³/mol. The van der Waals surface area contributed by atoms with Gasteiger partial charge in [-0.25, -0.2) is 19.5 Å². The van der Waals surface area contributed by atoms with Gasteiger partial charge in [-0.3, -0.25) is 4.79 Å². The van der Waals surface area contributed by atoms with Gasteiger partial charge in [0.05, 0.1) is 5.56 Å². The van der Waals surface area contributed by atoms with Gasteiger partial charge in [0.2, 0.25) is 0 Å². The summed E-state index contributed by atoms with van der Waals surface area (Å²) in [6.07, 6.45) is 2.18. The first kappa shape index (κ1) is 24.5. The molecule has 0 bridgehead atoms. The van der Waals surface area contributed by atoms with Gasteiger partial charge in [0.1, 0.15) is 0 Å². The maximum Gasteiger partial charge on any atom is 0.333 e. The molecule has 0 aliphatic rings. The second kappa shape index (κ2) is 9.61. The monoisotopic (exact) mass is 467 g/mol. The number of carbonyl (C=O) groups is 2. The minimum absolute atomic E-state index is 0.0354. The van der Waals surface area contributed by atoms with Crippen LogP contribution in [0.4, 0.5) is 10.5 Å². The predicted octanol–water partition coefficient (Wildman–Crippen LogP) is 3.59. The lowest BCUT2D eigenvalue weighted by Crippen LogP contribution is -2.36. The smallest absolute Gasteiger partial charge is 0.333 e. The molecule has 0 aliphatic heterocycles. The summed E-state index contributed by atoms with van der Waals surface area (Å²) < 4.78 is 27.0. The summed E-state index contributed by atoms with van der Waals surface area (Å²) in [6.45, 7) is 7.78. The van der Waals surface area contributed by atoms with E-state index in [2.05, 4.69) is 15.3 Å². The van der Waals surface area contributed by atoms with Crippen LogP contribution in [0.2, 0.25) is 5.02 Å². The van der Waals surface area contributed by atoms with E-state index in [1.165, 1.54) is 4.90 Å². The molecule has 0 atom stereocenters. The summed E-state index contributed by atoms with van der Waals surface area (Å²) >= 11 is 6.22. The highest BCUT2D eigenvalue weighted by atomic mass is 35.5. The fourth-order valence-corrected chi connectivity index (χ4v) is 3.84. The molecule has 2 N–H and O–H groups in total. The van der Waals surface area contributed by atoms with Crippen molar-refractivity contribution in [2.24, 2.45) is 0 Å². The Bertz CT molecular complexity index is 1050. The average Bonchev–Trinajstić information content (AvgIpc) is 2.67. The number of anilines is 1. The van der Waals surface area contributed by atoms with Crippen LogP contribution in [-0.4, -0.2) is 49.3 Å². The van der Waals surface area contributed by atoms with E-state index in [9.17, 15) is 18.0 Å². The topological polar surface area (TPSA) is 121 Å². The van der Waals surface area contributed by atoms with Gasteiger partial charge in [-0.1, -0.05) is 39.3 Å². The van der Waals surface area contributed by atoms with Crippen molar-refractivity contribution < 1.29 is 18.0 Å². The van der Waals surface area contributed by atoms with Gasteiger partial charge in [-0.05, 0) is 35.1 Å². The van der Waals surface area contributed by atoms with Crippen molar-refractivity contribution >= 4 is 39.2 Å². The molecule has 1 heterocycles. The van der Waals surface area contributed by atoms with Gasteiger partial charge >= 0.3 is 16.1 Å². The highest BCUT2D eigenvalue weighted by Crippen LogP contribution is 2.35. The lowest BCUT2D eigenvalue weighted by Gasteiger charge is -2.21. The van der Waals surface area contributed by atoms with Crippen LogP contribution in [0.1, 0.15) is 61.0 Å². The number of nitrogens with zero attached hydrogens (tertiary/aromatic N) is 3. The highest BCUT2D eigenvalue weighted by molar-refractivity contribution is 7.89. The van der Waals surface area contributed by atoms with Crippen LogP contribution in [-0.2, 0) is 10.0 Å². The lowest BCUT2D eigenvalue weighted by atomic mass is 9.92. The Morgan fingerprint density at radius 3 is 1.90 bits per heavy atom. The number of carbonyl (C=O) groups excluding carboxylic acids is 2. The van der Waals surface area contributed by atoms with Gasteiger partial charge in [0.15, 0.2) is 0 Å². The quantitative estimate of drug-likeness (QED) is 0.626. The number of sulfonamides is 1. The third kappa shape index (κ3) is 5.92. The fourth-order valence-electron chi connectivity index (χ4n) is 2.84. The van der Waals surface area contributed by atoms with E-state index in [1.807, 2.05) is 32.4 Å². The second-order valence-corrected chi connectivity index (χ2v) is 9.79. The minimum Gasteiger partial charge on any atom is -0.345 e. The molecule has 0 spiro atoms. The summed E-state index contributed by atoms with van der Waals surface area (Å²) in [5.74, 6) is -0.304. The lowest BCUT2D eigenvalue weighted by molar-refractivity contribution is 0.0826. The van der Waals surface area contributed by atoms with Crippen molar-refractivity contribution in [1.29, 1.82) is 0 Å². The van der Waals surface area contributed by atoms with E-state index in [1.54, 1.807) is 26.2 Å². The van der Waals surface area contributed by atoms with Gasteiger partial charge < -0.3 is 10.2 Å². The zero-order chi connectivity index (χ0) is 23.5. The molecule has 168 valence electrons. The molecule has 2 aromatic rings. The summed E-state index contributed by atoms with van der Waals surface area (Å²) in [5, 5.41) is 2.55. The number of urea groups is 1. The number of hydrogen-bond acceptors (Lipinski definition) is 6. The van der Waals surface area contributed by atoms with Gasteiger partial charge in [0.25, 0.3) is 11.1 Å². The van der Waals surface area contributed by atoms with E-state index in [0.717, 1.165) is 23.5 Å². The minimum atomic E-state index is -4.35. The third-order valence-electron chi connectivity index (χ3n) is 4.40. The molecule has 31 heavy (non-hydrogen) atoms. The van der Waals surface area contributed by atoms with E-state index < -0.39 is 21.2 Å². The summed E-state index contributed by atoms with van der Waals surface area (Å²) in [4.78, 5) is 33.2. The van der Waals surface area contributed by atoms with Crippen molar-refractivity contribution in [2.45, 2.75) is 44.7 Å². The first-order valence-corrected chi connectivity index (χ1v) is 11.4. The third-order valence-corrected chi connectivity index (χ3v) is 5.76. The van der Waals surface area contributed by atoms with Gasteiger partial charge in [0, 0.05) is 37.2 Å². The molecule has 0 fully saturated rings. The Morgan fingerprint density at radius 2 is 1.48 bits per heavy atom. The number of aromatic nitrogens is 2. The zero-order valence-corrected chi connectivity index (χ0v) is 19.8. The van der Waals surface area contributed by atoms with E-state index >= 15 is 0 Å². The van der Waals surface area contributed by atoms with Crippen molar-refractivity contribution in [3.8, 4) is 0 Å². The molecular formula is C20H26ClN5O4S. The summed E-state index contributed by atoms with van der Waals surface area (Å²) in [6, 6.07) is 2.53. The molecule has 0 saturated carbocycles. The highest BCUT2D eigenvalue weighted by Gasteiger charge is 2.24. The Kier molecular flexibility index (Phi) is 7.61. The van der Waals surface area contributed by atoms with Crippen LogP contribution >= 0.6 is 11.6 Å². The molecule has 1 aromatic heterocycles. The molecule has 3 amide bonds. The van der Waals surface area contributed by atoms with E-state index in [0.29, 0.717) is 10.7 Å². The number of rotatable bonds is 6. The SMILES string of the molecule is CC(C)c1cc(Cl)cc(C(C)C)c1NC(=O)NS(=O)(=O)c1ncc(C(=O)N(C)C)cn1. The van der Waals surface area contributed by atoms with Crippen LogP contribution in [0.25, 0.3) is 0 Å². The van der Waals surface area contributed by atoms with Crippen LogP contribution in [0.3, 0.4) is 0 Å². The Morgan fingerprint density at radius 1 is 1.00 bits per heavy atom. The van der Waals surface area contributed by atoms with Crippen molar-refractivity contribution in [3.05, 3.63) is 46.2 Å². The second-order valence-electron chi connectivity index (χ2n) is 7.78.